The molecule has 0 unspecified atom stereocenters. The van der Waals surface area contributed by atoms with Crippen molar-refractivity contribution in [2.24, 2.45) is 0 Å². The molecule has 0 aliphatic carbocycles. The van der Waals surface area contributed by atoms with Crippen molar-refractivity contribution in [2.45, 2.75) is 6.92 Å². The SMILES string of the molecule is Cc1nc2[nH]ccc2n2[c]ncc12. The molecule has 13 heavy (non-hydrogen) atoms. The normalized spacial score (nSPS) is 11.5. The van der Waals surface area contributed by atoms with Gasteiger partial charge < -0.3 is 4.98 Å². The number of rotatable bonds is 0. The molecule has 0 saturated carbocycles. The number of aromatic amines is 1. The molecule has 0 atom stereocenters. The predicted molar refractivity (Wildman–Crippen MR) is 48.4 cm³/mol. The molecule has 3 aromatic rings. The van der Waals surface area contributed by atoms with E-state index in [1.54, 1.807) is 6.20 Å². The first-order chi connectivity index (χ1) is 6.36. The average molecular weight is 171 g/mol. The van der Waals surface area contributed by atoms with Crippen molar-refractivity contribution in [1.29, 1.82) is 0 Å². The smallest absolute Gasteiger partial charge is 0.182 e. The molecule has 3 aromatic heterocycles. The number of H-pyrrole nitrogens is 1. The van der Waals surface area contributed by atoms with Crippen LogP contribution in [0.15, 0.2) is 18.5 Å². The zero-order valence-corrected chi connectivity index (χ0v) is 7.07. The Balaban J connectivity index is 2.70. The number of nitrogens with zero attached hydrogens (tertiary/aromatic N) is 3. The van der Waals surface area contributed by atoms with Crippen molar-refractivity contribution >= 4 is 16.7 Å². The summed E-state index contributed by atoms with van der Waals surface area (Å²) in [7, 11) is 0. The number of fused-ring (bicyclic) bond motifs is 3. The molecule has 4 heteroatoms. The zero-order valence-electron chi connectivity index (χ0n) is 7.07. The zero-order chi connectivity index (χ0) is 8.84. The fraction of sp³-hybridized carbons (Fsp3) is 0.111. The van der Waals surface area contributed by atoms with Gasteiger partial charge in [0.05, 0.1) is 22.9 Å². The van der Waals surface area contributed by atoms with E-state index in [2.05, 4.69) is 21.3 Å². The summed E-state index contributed by atoms with van der Waals surface area (Å²) >= 11 is 0. The minimum absolute atomic E-state index is 0.874. The fourth-order valence-corrected chi connectivity index (χ4v) is 1.55. The van der Waals surface area contributed by atoms with Crippen LogP contribution in [-0.2, 0) is 0 Å². The van der Waals surface area contributed by atoms with Gasteiger partial charge in [-0.25, -0.2) is 9.97 Å². The van der Waals surface area contributed by atoms with E-state index >= 15 is 0 Å². The van der Waals surface area contributed by atoms with Crippen molar-refractivity contribution < 1.29 is 0 Å². The highest BCUT2D eigenvalue weighted by Gasteiger charge is 2.05. The number of nitrogens with one attached hydrogen (secondary N) is 1. The lowest BCUT2D eigenvalue weighted by molar-refractivity contribution is 1.13. The van der Waals surface area contributed by atoms with Gasteiger partial charge in [0.2, 0.25) is 0 Å². The van der Waals surface area contributed by atoms with Crippen LogP contribution in [0.5, 0.6) is 0 Å². The molecule has 4 nitrogen and oxygen atoms in total. The van der Waals surface area contributed by atoms with Crippen LogP contribution >= 0.6 is 0 Å². The third-order valence-electron chi connectivity index (χ3n) is 2.18. The number of aromatic nitrogens is 4. The summed E-state index contributed by atoms with van der Waals surface area (Å²) in [6.45, 7) is 1.96. The van der Waals surface area contributed by atoms with E-state index in [0.29, 0.717) is 0 Å². The van der Waals surface area contributed by atoms with Crippen LogP contribution in [0, 0.1) is 13.3 Å². The van der Waals surface area contributed by atoms with Crippen molar-refractivity contribution in [3.05, 3.63) is 30.5 Å². The molecule has 0 aliphatic rings. The first-order valence-electron chi connectivity index (χ1n) is 4.05. The second kappa shape index (κ2) is 2.10. The molecule has 0 bridgehead atoms. The Kier molecular flexibility index (Phi) is 1.07. The largest absolute Gasteiger partial charge is 0.345 e. The molecule has 63 valence electrons. The third kappa shape index (κ3) is 0.744. The molecular formula is C9H7N4. The molecule has 0 amide bonds. The number of hydrogen-bond acceptors (Lipinski definition) is 2. The van der Waals surface area contributed by atoms with Gasteiger partial charge in [-0.15, -0.1) is 0 Å². The molecular weight excluding hydrogens is 164 g/mol. The summed E-state index contributed by atoms with van der Waals surface area (Å²) in [4.78, 5) is 11.4. The molecule has 3 heterocycles. The highest BCUT2D eigenvalue weighted by Crippen LogP contribution is 2.15. The Morgan fingerprint density at radius 1 is 1.46 bits per heavy atom. The molecule has 0 fully saturated rings. The quantitative estimate of drug-likeness (QED) is 0.554. The van der Waals surface area contributed by atoms with Crippen LogP contribution in [0.1, 0.15) is 5.69 Å². The van der Waals surface area contributed by atoms with Crippen molar-refractivity contribution in [3.8, 4) is 0 Å². The average Bonchev–Trinajstić information content (AvgIpc) is 2.66. The number of aryl methyl sites for hydroxylation is 1. The lowest BCUT2D eigenvalue weighted by Gasteiger charge is -1.98. The molecule has 0 saturated heterocycles. The van der Waals surface area contributed by atoms with Gasteiger partial charge in [-0.05, 0) is 13.0 Å². The van der Waals surface area contributed by atoms with E-state index in [1.165, 1.54) is 0 Å². The summed E-state index contributed by atoms with van der Waals surface area (Å²) < 4.78 is 1.91. The Morgan fingerprint density at radius 2 is 2.38 bits per heavy atom. The summed E-state index contributed by atoms with van der Waals surface area (Å²) in [5.41, 5.74) is 3.85. The number of hydrogen-bond donors (Lipinski definition) is 1. The molecule has 0 aromatic carbocycles. The first kappa shape index (κ1) is 6.65. The van der Waals surface area contributed by atoms with Crippen LogP contribution in [0.4, 0.5) is 0 Å². The Hall–Kier alpha value is -1.84. The highest BCUT2D eigenvalue weighted by atomic mass is 15.0. The predicted octanol–water partition coefficient (Wildman–Crippen LogP) is 1.32. The van der Waals surface area contributed by atoms with E-state index in [0.717, 1.165) is 22.4 Å². The standard InChI is InChI=1S/C9H7N4/c1-6-8-4-10-5-13(8)7-2-3-11-9(7)12-6/h2-4,11H,1H3. The maximum absolute atomic E-state index is 4.40. The summed E-state index contributed by atoms with van der Waals surface area (Å²) in [6, 6.07) is 1.97. The summed E-state index contributed by atoms with van der Waals surface area (Å²) in [5.74, 6) is 0. The van der Waals surface area contributed by atoms with Crippen molar-refractivity contribution in [2.75, 3.05) is 0 Å². The second-order valence-electron chi connectivity index (χ2n) is 2.99. The highest BCUT2D eigenvalue weighted by molar-refractivity contribution is 5.76. The van der Waals surface area contributed by atoms with Gasteiger partial charge in [-0.2, -0.15) is 0 Å². The maximum Gasteiger partial charge on any atom is 0.182 e. The lowest BCUT2D eigenvalue weighted by Crippen LogP contribution is -1.91. The second-order valence-corrected chi connectivity index (χ2v) is 2.99. The topological polar surface area (TPSA) is 46.0 Å². The minimum atomic E-state index is 0.874. The van der Waals surface area contributed by atoms with Gasteiger partial charge in [0, 0.05) is 6.20 Å². The number of imidazole rings is 1. The molecule has 3 rings (SSSR count). The van der Waals surface area contributed by atoms with Gasteiger partial charge in [0.15, 0.2) is 12.0 Å². The molecule has 0 spiro atoms. The van der Waals surface area contributed by atoms with E-state index in [-0.39, 0.29) is 0 Å². The van der Waals surface area contributed by atoms with E-state index < -0.39 is 0 Å². The Bertz CT molecular complexity index is 575. The first-order valence-corrected chi connectivity index (χ1v) is 4.05. The Morgan fingerprint density at radius 3 is 3.31 bits per heavy atom. The minimum Gasteiger partial charge on any atom is -0.345 e. The van der Waals surface area contributed by atoms with E-state index in [9.17, 15) is 0 Å². The van der Waals surface area contributed by atoms with Gasteiger partial charge in [0.1, 0.15) is 0 Å². The van der Waals surface area contributed by atoms with Crippen LogP contribution in [0.3, 0.4) is 0 Å². The van der Waals surface area contributed by atoms with E-state index in [4.69, 9.17) is 0 Å². The monoisotopic (exact) mass is 171 g/mol. The van der Waals surface area contributed by atoms with Gasteiger partial charge >= 0.3 is 0 Å². The van der Waals surface area contributed by atoms with Gasteiger partial charge in [-0.1, -0.05) is 0 Å². The summed E-state index contributed by atoms with van der Waals surface area (Å²) in [5, 5.41) is 0. The molecule has 1 N–H and O–H groups in total. The van der Waals surface area contributed by atoms with Crippen LogP contribution in [-0.4, -0.2) is 19.4 Å². The van der Waals surface area contributed by atoms with Crippen LogP contribution < -0.4 is 0 Å². The third-order valence-corrected chi connectivity index (χ3v) is 2.18. The Labute approximate surface area is 74.2 Å². The summed E-state index contributed by atoms with van der Waals surface area (Å²) in [6.07, 6.45) is 6.53. The van der Waals surface area contributed by atoms with E-state index in [1.807, 2.05) is 23.6 Å². The fourth-order valence-electron chi connectivity index (χ4n) is 1.55. The lowest BCUT2D eigenvalue weighted by atomic mass is 10.4. The molecule has 0 aliphatic heterocycles. The van der Waals surface area contributed by atoms with Crippen molar-refractivity contribution in [3.63, 3.8) is 0 Å². The van der Waals surface area contributed by atoms with Gasteiger partial charge in [-0.3, -0.25) is 4.40 Å². The maximum atomic E-state index is 4.40. The van der Waals surface area contributed by atoms with Crippen molar-refractivity contribution in [1.82, 2.24) is 19.4 Å². The van der Waals surface area contributed by atoms with Crippen LogP contribution in [0.25, 0.3) is 16.7 Å². The van der Waals surface area contributed by atoms with Gasteiger partial charge in [0.25, 0.3) is 0 Å². The van der Waals surface area contributed by atoms with Crippen LogP contribution in [0.2, 0.25) is 0 Å². The molecule has 1 radical (unpaired) electrons.